The highest BCUT2D eigenvalue weighted by atomic mass is 16.6. The van der Waals surface area contributed by atoms with Crippen LogP contribution < -0.4 is 10.5 Å². The van der Waals surface area contributed by atoms with Crippen molar-refractivity contribution in [1.82, 2.24) is 0 Å². The van der Waals surface area contributed by atoms with E-state index in [2.05, 4.69) is 0 Å². The van der Waals surface area contributed by atoms with Crippen molar-refractivity contribution < 1.29 is 9.66 Å². The van der Waals surface area contributed by atoms with Crippen molar-refractivity contribution in [3.63, 3.8) is 0 Å². The van der Waals surface area contributed by atoms with Gasteiger partial charge in [-0.25, -0.2) is 0 Å². The number of aryl methyl sites for hydroxylation is 1. The van der Waals surface area contributed by atoms with E-state index in [0.29, 0.717) is 6.54 Å². The number of non-ortho nitro benzene ring substituents is 1. The van der Waals surface area contributed by atoms with Crippen LogP contribution in [0, 0.1) is 17.0 Å². The number of rotatable bonds is 5. The Morgan fingerprint density at radius 2 is 2.00 bits per heavy atom. The van der Waals surface area contributed by atoms with E-state index in [9.17, 15) is 10.1 Å². The van der Waals surface area contributed by atoms with Crippen molar-refractivity contribution in [3.8, 4) is 5.75 Å². The van der Waals surface area contributed by atoms with E-state index in [-0.39, 0.29) is 12.3 Å². The first-order valence-corrected chi connectivity index (χ1v) is 6.26. The van der Waals surface area contributed by atoms with Gasteiger partial charge >= 0.3 is 0 Å². The highest BCUT2D eigenvalue weighted by Gasteiger charge is 2.08. The van der Waals surface area contributed by atoms with Crippen LogP contribution in [-0.2, 0) is 13.2 Å². The van der Waals surface area contributed by atoms with E-state index in [1.165, 1.54) is 12.1 Å². The maximum Gasteiger partial charge on any atom is 0.269 e. The molecule has 0 unspecified atom stereocenters. The topological polar surface area (TPSA) is 78.4 Å². The van der Waals surface area contributed by atoms with E-state index in [1.807, 2.05) is 25.1 Å². The Kier molecular flexibility index (Phi) is 4.32. The Bertz CT molecular complexity index is 626. The molecule has 0 saturated heterocycles. The van der Waals surface area contributed by atoms with Gasteiger partial charge in [0, 0.05) is 24.2 Å². The van der Waals surface area contributed by atoms with Gasteiger partial charge in [0.05, 0.1) is 4.92 Å². The molecular weight excluding hydrogens is 256 g/mol. The van der Waals surface area contributed by atoms with E-state index in [1.54, 1.807) is 12.1 Å². The number of nitrogens with two attached hydrogens (primary N) is 1. The molecule has 0 bridgehead atoms. The lowest BCUT2D eigenvalue weighted by molar-refractivity contribution is -0.384. The van der Waals surface area contributed by atoms with Crippen LogP contribution in [0.3, 0.4) is 0 Å². The number of benzene rings is 2. The van der Waals surface area contributed by atoms with E-state index >= 15 is 0 Å². The summed E-state index contributed by atoms with van der Waals surface area (Å²) in [6.07, 6.45) is 0. The first-order chi connectivity index (χ1) is 9.61. The molecule has 0 saturated carbocycles. The molecule has 2 N–H and O–H groups in total. The molecule has 2 aromatic rings. The Morgan fingerprint density at radius 1 is 1.25 bits per heavy atom. The molecule has 104 valence electrons. The van der Waals surface area contributed by atoms with Gasteiger partial charge in [-0.15, -0.1) is 0 Å². The van der Waals surface area contributed by atoms with Gasteiger partial charge in [0.1, 0.15) is 12.4 Å². The van der Waals surface area contributed by atoms with E-state index in [0.717, 1.165) is 22.4 Å². The average molecular weight is 272 g/mol. The monoisotopic (exact) mass is 272 g/mol. The highest BCUT2D eigenvalue weighted by Crippen LogP contribution is 2.24. The number of ether oxygens (including phenoxy) is 1. The molecule has 0 fully saturated rings. The molecule has 0 heterocycles. The standard InChI is InChI=1S/C15H16N2O3/c1-11-4-2-6-13(9-16)15(11)20-10-12-5-3-7-14(8-12)17(18)19/h2-8H,9-10,16H2,1H3. The summed E-state index contributed by atoms with van der Waals surface area (Å²) >= 11 is 0. The van der Waals surface area contributed by atoms with Crippen LogP contribution in [0.2, 0.25) is 0 Å². The van der Waals surface area contributed by atoms with E-state index in [4.69, 9.17) is 10.5 Å². The summed E-state index contributed by atoms with van der Waals surface area (Å²) in [6, 6.07) is 12.2. The van der Waals surface area contributed by atoms with Crippen LogP contribution in [0.1, 0.15) is 16.7 Å². The molecular formula is C15H16N2O3. The lowest BCUT2D eigenvalue weighted by atomic mass is 10.1. The SMILES string of the molecule is Cc1cccc(CN)c1OCc1cccc([N+](=O)[O-])c1. The lowest BCUT2D eigenvalue weighted by Gasteiger charge is -2.13. The van der Waals surface area contributed by atoms with Crippen LogP contribution in [0.4, 0.5) is 5.69 Å². The second-order valence-corrected chi connectivity index (χ2v) is 4.48. The zero-order valence-corrected chi connectivity index (χ0v) is 11.2. The second kappa shape index (κ2) is 6.16. The third kappa shape index (κ3) is 3.13. The highest BCUT2D eigenvalue weighted by molar-refractivity contribution is 5.41. The molecule has 0 amide bonds. The normalized spacial score (nSPS) is 10.3. The molecule has 0 aliphatic rings. The molecule has 2 rings (SSSR count). The first-order valence-electron chi connectivity index (χ1n) is 6.26. The van der Waals surface area contributed by atoms with Crippen molar-refractivity contribution in [2.24, 2.45) is 5.73 Å². The zero-order valence-electron chi connectivity index (χ0n) is 11.2. The number of hydrogen-bond acceptors (Lipinski definition) is 4. The van der Waals surface area contributed by atoms with Gasteiger partial charge in [0.25, 0.3) is 5.69 Å². The summed E-state index contributed by atoms with van der Waals surface area (Å²) in [5.74, 6) is 0.751. The van der Waals surface area contributed by atoms with Gasteiger partial charge in [-0.05, 0) is 18.1 Å². The van der Waals surface area contributed by atoms with Crippen molar-refractivity contribution >= 4 is 5.69 Å². The largest absolute Gasteiger partial charge is 0.488 e. The van der Waals surface area contributed by atoms with Gasteiger partial charge in [0.15, 0.2) is 0 Å². The average Bonchev–Trinajstić information content (AvgIpc) is 2.46. The minimum absolute atomic E-state index is 0.0648. The predicted molar refractivity (Wildman–Crippen MR) is 76.5 cm³/mol. The summed E-state index contributed by atoms with van der Waals surface area (Å²) in [7, 11) is 0. The van der Waals surface area contributed by atoms with Gasteiger partial charge in [-0.3, -0.25) is 10.1 Å². The molecule has 2 aromatic carbocycles. The van der Waals surface area contributed by atoms with E-state index < -0.39 is 4.92 Å². The van der Waals surface area contributed by atoms with Crippen molar-refractivity contribution in [3.05, 3.63) is 69.3 Å². The maximum atomic E-state index is 10.7. The quantitative estimate of drug-likeness (QED) is 0.670. The van der Waals surface area contributed by atoms with Crippen LogP contribution >= 0.6 is 0 Å². The van der Waals surface area contributed by atoms with Crippen LogP contribution in [0.25, 0.3) is 0 Å². The molecule has 5 heteroatoms. The second-order valence-electron chi connectivity index (χ2n) is 4.48. The third-order valence-electron chi connectivity index (χ3n) is 3.02. The number of hydrogen-bond donors (Lipinski definition) is 1. The molecule has 0 radical (unpaired) electrons. The van der Waals surface area contributed by atoms with Crippen LogP contribution in [0.15, 0.2) is 42.5 Å². The zero-order chi connectivity index (χ0) is 14.5. The van der Waals surface area contributed by atoms with Crippen LogP contribution in [-0.4, -0.2) is 4.92 Å². The van der Waals surface area contributed by atoms with Crippen LogP contribution in [0.5, 0.6) is 5.75 Å². The lowest BCUT2D eigenvalue weighted by Crippen LogP contribution is -2.04. The fraction of sp³-hybridized carbons (Fsp3) is 0.200. The Morgan fingerprint density at radius 3 is 2.70 bits per heavy atom. The summed E-state index contributed by atoms with van der Waals surface area (Å²) < 4.78 is 5.78. The molecule has 0 aliphatic carbocycles. The van der Waals surface area contributed by atoms with Crippen molar-refractivity contribution in [1.29, 1.82) is 0 Å². The summed E-state index contributed by atoms with van der Waals surface area (Å²) in [5, 5.41) is 10.7. The minimum atomic E-state index is -0.414. The van der Waals surface area contributed by atoms with Crippen molar-refractivity contribution in [2.75, 3.05) is 0 Å². The number of nitro benzene ring substituents is 1. The van der Waals surface area contributed by atoms with Crippen molar-refractivity contribution in [2.45, 2.75) is 20.1 Å². The molecule has 0 aromatic heterocycles. The fourth-order valence-corrected chi connectivity index (χ4v) is 2.00. The summed E-state index contributed by atoms with van der Waals surface area (Å²) in [6.45, 7) is 2.62. The van der Waals surface area contributed by atoms with Gasteiger partial charge in [-0.2, -0.15) is 0 Å². The molecule has 20 heavy (non-hydrogen) atoms. The number of nitro groups is 1. The summed E-state index contributed by atoms with van der Waals surface area (Å²) in [4.78, 5) is 10.3. The predicted octanol–water partition coefficient (Wildman–Crippen LogP) is 2.94. The molecule has 5 nitrogen and oxygen atoms in total. The van der Waals surface area contributed by atoms with Gasteiger partial charge in [-0.1, -0.05) is 30.3 Å². The molecule has 0 aliphatic heterocycles. The van der Waals surface area contributed by atoms with Gasteiger partial charge < -0.3 is 10.5 Å². The van der Waals surface area contributed by atoms with Gasteiger partial charge in [0.2, 0.25) is 0 Å². The fourth-order valence-electron chi connectivity index (χ4n) is 2.00. The Hall–Kier alpha value is -2.40. The third-order valence-corrected chi connectivity index (χ3v) is 3.02. The maximum absolute atomic E-state index is 10.7. The number of nitrogens with zero attached hydrogens (tertiary/aromatic N) is 1. The Labute approximate surface area is 117 Å². The Balaban J connectivity index is 2.17. The molecule has 0 atom stereocenters. The minimum Gasteiger partial charge on any atom is -0.488 e. The molecule has 0 spiro atoms. The smallest absolute Gasteiger partial charge is 0.269 e. The summed E-state index contributed by atoms with van der Waals surface area (Å²) in [5.41, 5.74) is 8.43. The first kappa shape index (κ1) is 14.0. The number of para-hydroxylation sites is 1.